The van der Waals surface area contributed by atoms with Gasteiger partial charge in [-0.2, -0.15) is 9.78 Å². The molecular formula is C30H18BrCl2N3O3. The molecule has 0 saturated carbocycles. The summed E-state index contributed by atoms with van der Waals surface area (Å²) in [5.41, 5.74) is 2.49. The fourth-order valence-corrected chi connectivity index (χ4v) is 5.01. The highest BCUT2D eigenvalue weighted by Gasteiger charge is 2.16. The van der Waals surface area contributed by atoms with Crippen molar-refractivity contribution in [2.45, 2.75) is 6.61 Å². The van der Waals surface area contributed by atoms with E-state index < -0.39 is 0 Å². The van der Waals surface area contributed by atoms with Gasteiger partial charge in [-0.25, -0.2) is 4.98 Å². The van der Waals surface area contributed by atoms with Gasteiger partial charge < -0.3 is 9.15 Å². The predicted octanol–water partition coefficient (Wildman–Crippen LogP) is 8.34. The number of furan rings is 1. The molecule has 6 rings (SSSR count). The van der Waals surface area contributed by atoms with Gasteiger partial charge in [0.25, 0.3) is 5.56 Å². The average molecular weight is 619 g/mol. The smallest absolute Gasteiger partial charge is 0.282 e. The van der Waals surface area contributed by atoms with E-state index in [0.717, 1.165) is 21.0 Å². The van der Waals surface area contributed by atoms with Gasteiger partial charge in [-0.15, -0.1) is 0 Å². The third-order valence-corrected chi connectivity index (χ3v) is 7.30. The first-order chi connectivity index (χ1) is 19.0. The van der Waals surface area contributed by atoms with Crippen molar-refractivity contribution in [2.24, 2.45) is 5.10 Å². The minimum absolute atomic E-state index is 0.279. The topological polar surface area (TPSA) is 69.6 Å². The van der Waals surface area contributed by atoms with Gasteiger partial charge >= 0.3 is 0 Å². The third-order valence-electron chi connectivity index (χ3n) is 6.07. The molecule has 2 heterocycles. The zero-order chi connectivity index (χ0) is 26.9. The molecule has 9 heteroatoms. The minimum atomic E-state index is -0.316. The van der Waals surface area contributed by atoms with Crippen molar-refractivity contribution < 1.29 is 9.15 Å². The lowest BCUT2D eigenvalue weighted by molar-refractivity contribution is 0.304. The minimum Gasteiger partial charge on any atom is -0.488 e. The summed E-state index contributed by atoms with van der Waals surface area (Å²) in [4.78, 5) is 18.2. The maximum absolute atomic E-state index is 13.5. The van der Waals surface area contributed by atoms with Gasteiger partial charge in [0.15, 0.2) is 5.76 Å². The summed E-state index contributed by atoms with van der Waals surface area (Å²) in [6, 6.07) is 27.3. The van der Waals surface area contributed by atoms with Crippen LogP contribution in [0.15, 0.2) is 110 Å². The first-order valence-corrected chi connectivity index (χ1v) is 13.4. The van der Waals surface area contributed by atoms with Crippen LogP contribution in [-0.2, 0) is 6.61 Å². The molecule has 2 aromatic heterocycles. The monoisotopic (exact) mass is 617 g/mol. The largest absolute Gasteiger partial charge is 0.488 e. The Balaban J connectivity index is 1.36. The van der Waals surface area contributed by atoms with Crippen molar-refractivity contribution in [1.82, 2.24) is 9.66 Å². The van der Waals surface area contributed by atoms with E-state index >= 15 is 0 Å². The van der Waals surface area contributed by atoms with E-state index in [2.05, 4.69) is 21.0 Å². The summed E-state index contributed by atoms with van der Waals surface area (Å²) in [6.45, 7) is 0.329. The molecule has 0 aliphatic heterocycles. The van der Waals surface area contributed by atoms with Gasteiger partial charge in [0, 0.05) is 21.0 Å². The number of benzene rings is 4. The van der Waals surface area contributed by atoms with Crippen molar-refractivity contribution >= 4 is 67.2 Å². The summed E-state index contributed by atoms with van der Waals surface area (Å²) >= 11 is 16.0. The molecule has 6 aromatic rings. The molecule has 0 bridgehead atoms. The SMILES string of the molecule is O=c1c2ccccc2nc(-c2cc3cc(Cl)ccc3o2)n1N=Cc1ccc(OCc2ccccc2Cl)c(Br)c1. The molecule has 0 fully saturated rings. The van der Waals surface area contributed by atoms with Gasteiger partial charge in [0.2, 0.25) is 5.82 Å². The molecule has 0 N–H and O–H groups in total. The van der Waals surface area contributed by atoms with E-state index in [1.54, 1.807) is 48.7 Å². The van der Waals surface area contributed by atoms with Crippen LogP contribution in [0.1, 0.15) is 11.1 Å². The Bertz CT molecular complexity index is 1950. The third kappa shape index (κ3) is 5.21. The van der Waals surface area contributed by atoms with Crippen LogP contribution in [0.4, 0.5) is 0 Å². The van der Waals surface area contributed by atoms with Gasteiger partial charge in [-0.3, -0.25) is 4.79 Å². The number of nitrogens with zero attached hydrogens (tertiary/aromatic N) is 3. The number of aromatic nitrogens is 2. The highest BCUT2D eigenvalue weighted by Crippen LogP contribution is 2.30. The molecule has 0 atom stereocenters. The first-order valence-electron chi connectivity index (χ1n) is 11.9. The highest BCUT2D eigenvalue weighted by molar-refractivity contribution is 9.10. The molecule has 39 heavy (non-hydrogen) atoms. The van der Waals surface area contributed by atoms with Crippen molar-refractivity contribution in [1.29, 1.82) is 0 Å². The normalized spacial score (nSPS) is 11.6. The van der Waals surface area contributed by atoms with Crippen LogP contribution in [0, 0.1) is 0 Å². The van der Waals surface area contributed by atoms with E-state index in [-0.39, 0.29) is 11.4 Å². The summed E-state index contributed by atoms with van der Waals surface area (Å²) in [7, 11) is 0. The zero-order valence-electron chi connectivity index (χ0n) is 20.1. The highest BCUT2D eigenvalue weighted by atomic mass is 79.9. The Morgan fingerprint density at radius 3 is 2.64 bits per heavy atom. The van der Waals surface area contributed by atoms with E-state index in [1.165, 1.54) is 4.68 Å². The maximum Gasteiger partial charge on any atom is 0.282 e. The molecule has 192 valence electrons. The predicted molar refractivity (Wildman–Crippen MR) is 159 cm³/mol. The lowest BCUT2D eigenvalue weighted by Gasteiger charge is -2.10. The summed E-state index contributed by atoms with van der Waals surface area (Å²) < 4.78 is 13.9. The number of ether oxygens (including phenoxy) is 1. The van der Waals surface area contributed by atoms with E-state index in [4.69, 9.17) is 37.3 Å². The van der Waals surface area contributed by atoms with Crippen LogP contribution >= 0.6 is 39.1 Å². The number of halogens is 3. The Kier molecular flexibility index (Phi) is 6.95. The Morgan fingerprint density at radius 1 is 0.974 bits per heavy atom. The van der Waals surface area contributed by atoms with Crippen LogP contribution in [0.2, 0.25) is 10.0 Å². The fraction of sp³-hybridized carbons (Fsp3) is 0.0333. The number of rotatable bonds is 6. The Morgan fingerprint density at radius 2 is 1.79 bits per heavy atom. The molecule has 0 aliphatic rings. The Labute approximate surface area is 241 Å². The zero-order valence-corrected chi connectivity index (χ0v) is 23.2. The molecule has 0 aliphatic carbocycles. The van der Waals surface area contributed by atoms with E-state index in [0.29, 0.717) is 44.6 Å². The van der Waals surface area contributed by atoms with Gasteiger partial charge in [-0.1, -0.05) is 53.5 Å². The second kappa shape index (κ2) is 10.7. The molecule has 0 spiro atoms. The van der Waals surface area contributed by atoms with Gasteiger partial charge in [-0.05, 0) is 82.2 Å². The second-order valence-corrected chi connectivity index (χ2v) is 10.4. The second-order valence-electron chi connectivity index (χ2n) is 8.68. The van der Waals surface area contributed by atoms with E-state index in [9.17, 15) is 4.79 Å². The molecule has 0 saturated heterocycles. The fourth-order valence-electron chi connectivity index (χ4n) is 4.12. The molecule has 0 radical (unpaired) electrons. The van der Waals surface area contributed by atoms with Crippen molar-refractivity contribution in [3.8, 4) is 17.3 Å². The van der Waals surface area contributed by atoms with Crippen LogP contribution in [0.5, 0.6) is 5.75 Å². The van der Waals surface area contributed by atoms with Crippen molar-refractivity contribution in [2.75, 3.05) is 0 Å². The summed E-state index contributed by atoms with van der Waals surface area (Å²) in [5, 5.41) is 7.00. The van der Waals surface area contributed by atoms with Crippen LogP contribution < -0.4 is 10.3 Å². The standard InChI is InChI=1S/C30H18BrCl2N3O3/c31-23-13-18(9-11-27(23)38-17-19-5-1-3-7-24(19)33)16-34-36-29(35-25-8-4-2-6-22(25)30(36)37)28-15-20-14-21(32)10-12-26(20)39-28/h1-16H,17H2. The number of hydrogen-bond donors (Lipinski definition) is 0. The number of fused-ring (bicyclic) bond motifs is 2. The molecule has 6 nitrogen and oxygen atoms in total. The number of hydrogen-bond acceptors (Lipinski definition) is 5. The van der Waals surface area contributed by atoms with Crippen molar-refractivity contribution in [3.05, 3.63) is 127 Å². The Hall–Kier alpha value is -3.91. The molecule has 0 amide bonds. The van der Waals surface area contributed by atoms with Gasteiger partial charge in [0.1, 0.15) is 17.9 Å². The summed E-state index contributed by atoms with van der Waals surface area (Å²) in [6.07, 6.45) is 1.59. The van der Waals surface area contributed by atoms with Crippen LogP contribution in [0.25, 0.3) is 33.5 Å². The van der Waals surface area contributed by atoms with Crippen LogP contribution in [0.3, 0.4) is 0 Å². The lowest BCUT2D eigenvalue weighted by atomic mass is 10.2. The first kappa shape index (κ1) is 25.4. The van der Waals surface area contributed by atoms with Crippen molar-refractivity contribution in [3.63, 3.8) is 0 Å². The molecule has 4 aromatic carbocycles. The maximum atomic E-state index is 13.5. The molecular weight excluding hydrogens is 601 g/mol. The van der Waals surface area contributed by atoms with Gasteiger partial charge in [0.05, 0.1) is 21.6 Å². The molecule has 0 unspecified atom stereocenters. The summed E-state index contributed by atoms with van der Waals surface area (Å²) in [5.74, 6) is 1.33. The quantitative estimate of drug-likeness (QED) is 0.176. The lowest BCUT2D eigenvalue weighted by Crippen LogP contribution is -2.20. The van der Waals surface area contributed by atoms with E-state index in [1.807, 2.05) is 48.5 Å². The number of para-hydroxylation sites is 1. The van der Waals surface area contributed by atoms with Crippen LogP contribution in [-0.4, -0.2) is 15.9 Å². The average Bonchev–Trinajstić information content (AvgIpc) is 3.36.